The van der Waals surface area contributed by atoms with E-state index in [0.717, 1.165) is 25.1 Å². The highest BCUT2D eigenvalue weighted by molar-refractivity contribution is 6.33. The molecule has 2 rings (SSSR count). The first-order valence-corrected chi connectivity index (χ1v) is 6.56. The smallest absolute Gasteiger partial charge is 0.271 e. The van der Waals surface area contributed by atoms with Crippen molar-refractivity contribution in [2.24, 2.45) is 5.92 Å². The van der Waals surface area contributed by atoms with Crippen LogP contribution < -0.4 is 4.90 Å². The molecular weight excluding hydrogens is 268 g/mol. The minimum atomic E-state index is -0.468. The van der Waals surface area contributed by atoms with Gasteiger partial charge in [-0.2, -0.15) is 0 Å². The fraction of sp³-hybridized carbons (Fsp3) is 0.462. The zero-order valence-electron chi connectivity index (χ0n) is 10.6. The van der Waals surface area contributed by atoms with Gasteiger partial charge in [-0.1, -0.05) is 11.6 Å². The van der Waals surface area contributed by atoms with Crippen LogP contribution in [0.3, 0.4) is 0 Å². The van der Waals surface area contributed by atoms with Gasteiger partial charge in [0, 0.05) is 31.1 Å². The van der Waals surface area contributed by atoms with Gasteiger partial charge in [-0.15, -0.1) is 0 Å². The number of hydrogen-bond acceptors (Lipinski definition) is 4. The molecule has 0 aliphatic carbocycles. The zero-order chi connectivity index (χ0) is 14.0. The number of rotatable bonds is 3. The molecular formula is C13H15ClN2O3. The van der Waals surface area contributed by atoms with Gasteiger partial charge in [0.1, 0.15) is 5.78 Å². The lowest BCUT2D eigenvalue weighted by molar-refractivity contribution is -0.384. The lowest BCUT2D eigenvalue weighted by atomic mass is 9.94. The van der Waals surface area contributed by atoms with E-state index >= 15 is 0 Å². The maximum atomic E-state index is 11.5. The van der Waals surface area contributed by atoms with Crippen molar-refractivity contribution in [2.45, 2.75) is 19.8 Å². The number of carbonyl (C=O) groups excluding carboxylic acids is 1. The largest absolute Gasteiger partial charge is 0.370 e. The lowest BCUT2D eigenvalue weighted by Gasteiger charge is -2.33. The van der Waals surface area contributed by atoms with Crippen molar-refractivity contribution in [3.8, 4) is 0 Å². The molecule has 0 N–H and O–H groups in total. The standard InChI is InChI=1S/C13H15ClN2O3/c1-9(17)10-3-2-6-15(8-10)13-5-4-11(16(18)19)7-12(13)14/h4-5,7,10H,2-3,6,8H2,1H3. The van der Waals surface area contributed by atoms with Gasteiger partial charge >= 0.3 is 0 Å². The molecule has 0 bridgehead atoms. The second-order valence-electron chi connectivity index (χ2n) is 4.79. The fourth-order valence-electron chi connectivity index (χ4n) is 2.39. The van der Waals surface area contributed by atoms with Crippen LogP contribution in [-0.4, -0.2) is 23.8 Å². The van der Waals surface area contributed by atoms with Crippen molar-refractivity contribution in [1.82, 2.24) is 0 Å². The second-order valence-corrected chi connectivity index (χ2v) is 5.20. The third kappa shape index (κ3) is 3.04. The Hall–Kier alpha value is -1.62. The Labute approximate surface area is 116 Å². The van der Waals surface area contributed by atoms with Gasteiger partial charge in [0.05, 0.1) is 15.6 Å². The number of non-ortho nitro benzene ring substituents is 1. The average Bonchev–Trinajstić information content (AvgIpc) is 2.38. The zero-order valence-corrected chi connectivity index (χ0v) is 11.4. The summed E-state index contributed by atoms with van der Waals surface area (Å²) in [5, 5.41) is 11.0. The van der Waals surface area contributed by atoms with Crippen molar-refractivity contribution in [3.63, 3.8) is 0 Å². The van der Waals surface area contributed by atoms with E-state index in [-0.39, 0.29) is 17.4 Å². The number of carbonyl (C=O) groups is 1. The van der Waals surface area contributed by atoms with Gasteiger partial charge in [0.2, 0.25) is 0 Å². The second kappa shape index (κ2) is 5.57. The van der Waals surface area contributed by atoms with Crippen LogP contribution in [-0.2, 0) is 4.79 Å². The molecule has 1 atom stereocenters. The molecule has 1 saturated heterocycles. The van der Waals surface area contributed by atoms with Crippen LogP contribution in [0.25, 0.3) is 0 Å². The van der Waals surface area contributed by atoms with Gasteiger partial charge in [-0.3, -0.25) is 14.9 Å². The van der Waals surface area contributed by atoms with Crippen LogP contribution in [0.15, 0.2) is 18.2 Å². The number of nitro benzene ring substituents is 1. The molecule has 0 spiro atoms. The van der Waals surface area contributed by atoms with E-state index in [1.54, 1.807) is 13.0 Å². The monoisotopic (exact) mass is 282 g/mol. The van der Waals surface area contributed by atoms with Crippen molar-refractivity contribution in [3.05, 3.63) is 33.3 Å². The highest BCUT2D eigenvalue weighted by atomic mass is 35.5. The van der Waals surface area contributed by atoms with E-state index in [0.29, 0.717) is 11.6 Å². The summed E-state index contributed by atoms with van der Waals surface area (Å²) in [6, 6.07) is 4.45. The van der Waals surface area contributed by atoms with Crippen LogP contribution in [0.5, 0.6) is 0 Å². The van der Waals surface area contributed by atoms with E-state index < -0.39 is 4.92 Å². The van der Waals surface area contributed by atoms with Crippen molar-refractivity contribution in [1.29, 1.82) is 0 Å². The summed E-state index contributed by atoms with van der Waals surface area (Å²) in [7, 11) is 0. The van der Waals surface area contributed by atoms with Crippen LogP contribution >= 0.6 is 11.6 Å². The Balaban J connectivity index is 2.22. The summed E-state index contributed by atoms with van der Waals surface area (Å²) in [4.78, 5) is 23.7. The molecule has 102 valence electrons. The molecule has 0 aromatic heterocycles. The summed E-state index contributed by atoms with van der Waals surface area (Å²) in [6.07, 6.45) is 1.83. The molecule has 1 aromatic carbocycles. The molecule has 6 heteroatoms. The summed E-state index contributed by atoms with van der Waals surface area (Å²) in [5.41, 5.74) is 0.743. The maximum absolute atomic E-state index is 11.5. The number of benzene rings is 1. The molecule has 1 unspecified atom stereocenters. The maximum Gasteiger partial charge on any atom is 0.271 e. The molecule has 0 radical (unpaired) electrons. The Morgan fingerprint density at radius 2 is 2.26 bits per heavy atom. The van der Waals surface area contributed by atoms with E-state index in [9.17, 15) is 14.9 Å². The van der Waals surface area contributed by atoms with Gasteiger partial charge < -0.3 is 4.90 Å². The van der Waals surface area contributed by atoms with Gasteiger partial charge in [0.25, 0.3) is 5.69 Å². The number of piperidine rings is 1. The predicted molar refractivity (Wildman–Crippen MR) is 73.7 cm³/mol. The van der Waals surface area contributed by atoms with Crippen LogP contribution in [0.1, 0.15) is 19.8 Å². The highest BCUT2D eigenvalue weighted by Crippen LogP contribution is 2.32. The normalized spacial score (nSPS) is 19.3. The fourth-order valence-corrected chi connectivity index (χ4v) is 2.69. The molecule has 1 fully saturated rings. The first kappa shape index (κ1) is 13.8. The number of halogens is 1. The number of ketones is 1. The molecule has 0 saturated carbocycles. The van der Waals surface area contributed by atoms with Crippen molar-refractivity contribution >= 4 is 28.8 Å². The highest BCUT2D eigenvalue weighted by Gasteiger charge is 2.25. The van der Waals surface area contributed by atoms with Crippen LogP contribution in [0, 0.1) is 16.0 Å². The van der Waals surface area contributed by atoms with E-state index in [2.05, 4.69) is 0 Å². The minimum Gasteiger partial charge on any atom is -0.370 e. The first-order valence-electron chi connectivity index (χ1n) is 6.18. The Bertz CT molecular complexity index is 519. The van der Waals surface area contributed by atoms with Crippen molar-refractivity contribution in [2.75, 3.05) is 18.0 Å². The first-order chi connectivity index (χ1) is 8.99. The van der Waals surface area contributed by atoms with Crippen LogP contribution in [0.2, 0.25) is 5.02 Å². The molecule has 5 nitrogen and oxygen atoms in total. The lowest BCUT2D eigenvalue weighted by Crippen LogP contribution is -2.38. The topological polar surface area (TPSA) is 63.5 Å². The molecule has 0 amide bonds. The third-order valence-electron chi connectivity index (χ3n) is 3.48. The van der Waals surface area contributed by atoms with E-state index in [1.807, 2.05) is 4.90 Å². The molecule has 19 heavy (non-hydrogen) atoms. The predicted octanol–water partition coefficient (Wildman–Crippen LogP) is 3.05. The number of hydrogen-bond donors (Lipinski definition) is 0. The van der Waals surface area contributed by atoms with Gasteiger partial charge in [0.15, 0.2) is 0 Å². The van der Waals surface area contributed by atoms with E-state index in [4.69, 9.17) is 11.6 Å². The molecule has 1 heterocycles. The molecule has 1 aliphatic rings. The Morgan fingerprint density at radius 3 is 2.84 bits per heavy atom. The third-order valence-corrected chi connectivity index (χ3v) is 3.78. The average molecular weight is 283 g/mol. The summed E-state index contributed by atoms with van der Waals surface area (Å²) in [6.45, 7) is 3.06. The molecule has 1 aliphatic heterocycles. The summed E-state index contributed by atoms with van der Waals surface area (Å²) in [5.74, 6) is 0.211. The van der Waals surface area contributed by atoms with Crippen molar-refractivity contribution < 1.29 is 9.72 Å². The Kier molecular flexibility index (Phi) is 4.04. The van der Waals surface area contributed by atoms with Crippen LogP contribution in [0.4, 0.5) is 11.4 Å². The van der Waals surface area contributed by atoms with Gasteiger partial charge in [-0.05, 0) is 25.8 Å². The quantitative estimate of drug-likeness (QED) is 0.631. The summed E-state index contributed by atoms with van der Waals surface area (Å²) >= 11 is 6.10. The molecule has 1 aromatic rings. The minimum absolute atomic E-state index is 0.0196. The summed E-state index contributed by atoms with van der Waals surface area (Å²) < 4.78 is 0. The van der Waals surface area contributed by atoms with E-state index in [1.165, 1.54) is 12.1 Å². The number of anilines is 1. The number of nitro groups is 1. The number of Topliss-reactive ketones (excluding diaryl/α,β-unsaturated/α-hetero) is 1. The van der Waals surface area contributed by atoms with Gasteiger partial charge in [-0.25, -0.2) is 0 Å². The Morgan fingerprint density at radius 1 is 1.53 bits per heavy atom. The SMILES string of the molecule is CC(=O)C1CCCN(c2ccc([N+](=O)[O-])cc2Cl)C1. The number of nitrogens with zero attached hydrogens (tertiary/aromatic N) is 2.